The van der Waals surface area contributed by atoms with Gasteiger partial charge in [0.15, 0.2) is 11.6 Å². The van der Waals surface area contributed by atoms with Crippen LogP contribution in [0.15, 0.2) is 23.0 Å². The Morgan fingerprint density at radius 3 is 2.64 bits per heavy atom. The fourth-order valence-corrected chi connectivity index (χ4v) is 2.58. The lowest BCUT2D eigenvalue weighted by atomic mass is 9.96. The number of hydrogen-bond donors (Lipinski definition) is 0. The third-order valence-electron chi connectivity index (χ3n) is 4.44. The van der Waals surface area contributed by atoms with Crippen molar-refractivity contribution in [1.29, 1.82) is 0 Å². The number of anilines is 1. The summed E-state index contributed by atoms with van der Waals surface area (Å²) in [5.74, 6) is -4.10. The molecule has 1 aliphatic heterocycles. The lowest BCUT2D eigenvalue weighted by Gasteiger charge is -2.42. The van der Waals surface area contributed by atoms with Crippen LogP contribution < -0.4 is 15.3 Å². The molecule has 25 heavy (non-hydrogen) atoms. The summed E-state index contributed by atoms with van der Waals surface area (Å²) in [6.45, 7) is 1.53. The molecule has 0 bridgehead atoms. The molecule has 0 aliphatic carbocycles. The third kappa shape index (κ3) is 3.20. The van der Waals surface area contributed by atoms with Crippen LogP contribution in [0.4, 0.5) is 19.0 Å². The highest BCUT2D eigenvalue weighted by molar-refractivity contribution is 5.45. The summed E-state index contributed by atoms with van der Waals surface area (Å²) in [4.78, 5) is 17.8. The minimum Gasteiger partial charge on any atom is -0.472 e. The first-order valence-electron chi connectivity index (χ1n) is 8.62. The maximum absolute atomic E-state index is 13.9. The first-order chi connectivity index (χ1) is 12.4. The predicted molar refractivity (Wildman–Crippen MR) is 86.2 cm³/mol. The number of fused-ring (bicyclic) bond motifs is 1. The molecule has 0 spiro atoms. The summed E-state index contributed by atoms with van der Waals surface area (Å²) in [6, 6.07) is 1.97. The van der Waals surface area contributed by atoms with Gasteiger partial charge in [0.2, 0.25) is 5.88 Å². The molecule has 8 heteroatoms. The van der Waals surface area contributed by atoms with Crippen molar-refractivity contribution in [2.24, 2.45) is 0 Å². The normalized spacial score (nSPS) is 17.6. The van der Waals surface area contributed by atoms with Gasteiger partial charge >= 0.3 is 5.69 Å². The van der Waals surface area contributed by atoms with Gasteiger partial charge in [0.1, 0.15) is 18.2 Å². The Kier molecular flexibility index (Phi) is 3.61. The van der Waals surface area contributed by atoms with Gasteiger partial charge in [0.05, 0.1) is 2.74 Å². The van der Waals surface area contributed by atoms with E-state index in [1.54, 1.807) is 7.05 Å². The summed E-state index contributed by atoms with van der Waals surface area (Å²) in [6.07, 6.45) is 0.708. The molecular formula is C17H18F3N3O2. The molecular weight excluding hydrogens is 335 g/mol. The third-order valence-corrected chi connectivity index (χ3v) is 4.44. The zero-order chi connectivity index (χ0) is 20.1. The molecule has 1 aromatic carbocycles. The van der Waals surface area contributed by atoms with E-state index in [-0.39, 0.29) is 17.5 Å². The highest BCUT2D eigenvalue weighted by Gasteiger charge is 2.31. The number of ether oxygens (including phenoxy) is 1. The average molecular weight is 355 g/mol. The maximum Gasteiger partial charge on any atom is 0.352 e. The molecule has 0 radical (unpaired) electrons. The van der Waals surface area contributed by atoms with E-state index in [1.807, 2.05) is 18.7 Å². The topological polar surface area (TPSA) is 47.4 Å². The van der Waals surface area contributed by atoms with Crippen LogP contribution in [0.2, 0.25) is 0 Å². The van der Waals surface area contributed by atoms with Crippen LogP contribution in [-0.4, -0.2) is 22.1 Å². The Labute approximate surface area is 145 Å². The number of aromatic nitrogens is 2. The molecule has 2 aromatic rings. The number of rotatable bonds is 3. The summed E-state index contributed by atoms with van der Waals surface area (Å²) in [7, 11) is 1.78. The first kappa shape index (κ1) is 14.8. The molecule has 2 heterocycles. The van der Waals surface area contributed by atoms with E-state index in [0.717, 1.165) is 0 Å². The number of benzene rings is 1. The van der Waals surface area contributed by atoms with E-state index in [9.17, 15) is 18.0 Å². The second kappa shape index (κ2) is 6.09. The Balaban J connectivity index is 2.01. The monoisotopic (exact) mass is 355 g/mol. The molecule has 0 atom stereocenters. The van der Waals surface area contributed by atoms with Crippen molar-refractivity contribution in [3.05, 3.63) is 51.7 Å². The first-order valence-corrected chi connectivity index (χ1v) is 7.62. The minimum absolute atomic E-state index is 0.233. The van der Waals surface area contributed by atoms with Gasteiger partial charge in [-0.3, -0.25) is 4.57 Å². The van der Waals surface area contributed by atoms with Gasteiger partial charge in [-0.05, 0) is 26.3 Å². The van der Waals surface area contributed by atoms with Gasteiger partial charge in [-0.2, -0.15) is 4.98 Å². The molecule has 3 rings (SSSR count). The van der Waals surface area contributed by atoms with Gasteiger partial charge in [0, 0.05) is 36.8 Å². The zero-order valence-electron chi connectivity index (χ0n) is 15.9. The summed E-state index contributed by atoms with van der Waals surface area (Å²) in [5.41, 5.74) is -1.74. The molecule has 0 N–H and O–H groups in total. The van der Waals surface area contributed by atoms with Gasteiger partial charge in [-0.15, -0.1) is 0 Å². The minimum atomic E-state index is -2.88. The van der Waals surface area contributed by atoms with Crippen molar-refractivity contribution in [2.75, 3.05) is 11.9 Å². The van der Waals surface area contributed by atoms with Crippen LogP contribution >= 0.6 is 0 Å². The van der Waals surface area contributed by atoms with Gasteiger partial charge in [-0.25, -0.2) is 18.0 Å². The Hall–Kier alpha value is -2.51. The summed E-state index contributed by atoms with van der Waals surface area (Å²) >= 11 is 0. The number of nitrogens with zero attached hydrogens (tertiary/aromatic N) is 3. The zero-order valence-corrected chi connectivity index (χ0v) is 13.9. The van der Waals surface area contributed by atoms with Crippen LogP contribution in [0, 0.1) is 17.5 Å². The lowest BCUT2D eigenvalue weighted by molar-refractivity contribution is 0.281. The molecule has 1 aromatic heterocycles. The van der Waals surface area contributed by atoms with E-state index in [1.165, 1.54) is 10.6 Å². The molecule has 5 nitrogen and oxygen atoms in total. The van der Waals surface area contributed by atoms with Gasteiger partial charge in [-0.1, -0.05) is 0 Å². The summed E-state index contributed by atoms with van der Waals surface area (Å²) in [5, 5.41) is 0. The van der Waals surface area contributed by atoms with Crippen molar-refractivity contribution >= 4 is 5.82 Å². The molecule has 0 unspecified atom stereocenters. The van der Waals surface area contributed by atoms with Gasteiger partial charge in [0.25, 0.3) is 0 Å². The molecule has 0 saturated heterocycles. The lowest BCUT2D eigenvalue weighted by Crippen LogP contribution is -2.49. The standard InChI is InChI=1S/C17H18F3N3O2/c1-17(2)4-5-23-15(22(17)3)8-14(21-16(23)24)25-9-10-6-12(19)13(20)7-11(10)18/h6-8H,4-5,9H2,1-3H3/i9D2. The Morgan fingerprint density at radius 2 is 1.92 bits per heavy atom. The van der Waals surface area contributed by atoms with Crippen LogP contribution in [0.3, 0.4) is 0 Å². The molecule has 1 aliphatic rings. The van der Waals surface area contributed by atoms with Crippen molar-refractivity contribution in [3.63, 3.8) is 0 Å². The molecule has 0 saturated carbocycles. The quantitative estimate of drug-likeness (QED) is 0.795. The van der Waals surface area contributed by atoms with E-state index < -0.39 is 35.3 Å². The second-order valence-electron chi connectivity index (χ2n) is 6.46. The van der Waals surface area contributed by atoms with Crippen molar-refractivity contribution < 1.29 is 20.6 Å². The van der Waals surface area contributed by atoms with Crippen LogP contribution in [-0.2, 0) is 13.1 Å². The fraction of sp³-hybridized carbons (Fsp3) is 0.412. The highest BCUT2D eigenvalue weighted by Crippen LogP contribution is 2.31. The average Bonchev–Trinajstić information content (AvgIpc) is 2.54. The van der Waals surface area contributed by atoms with E-state index in [4.69, 9.17) is 7.48 Å². The number of hydrogen-bond acceptors (Lipinski definition) is 4. The van der Waals surface area contributed by atoms with Crippen molar-refractivity contribution in [1.82, 2.24) is 9.55 Å². The Bertz CT molecular complexity index is 963. The van der Waals surface area contributed by atoms with Crippen LogP contribution in [0.25, 0.3) is 0 Å². The van der Waals surface area contributed by atoms with E-state index in [2.05, 4.69) is 4.98 Å². The molecule has 0 amide bonds. The maximum atomic E-state index is 13.9. The smallest absolute Gasteiger partial charge is 0.352 e. The highest BCUT2D eigenvalue weighted by atomic mass is 19.2. The van der Waals surface area contributed by atoms with Crippen molar-refractivity contribution in [2.45, 2.75) is 38.9 Å². The SMILES string of the molecule is [2H]C([2H])(Oc1cc2n(c(=O)n1)CCC(C)(C)N2C)c1cc(F)c(F)cc1F. The molecule has 0 fully saturated rings. The largest absolute Gasteiger partial charge is 0.472 e. The number of halogens is 3. The van der Waals surface area contributed by atoms with Crippen LogP contribution in [0.1, 0.15) is 28.6 Å². The van der Waals surface area contributed by atoms with Crippen molar-refractivity contribution in [3.8, 4) is 5.88 Å². The fourth-order valence-electron chi connectivity index (χ4n) is 2.58. The van der Waals surface area contributed by atoms with Crippen LogP contribution in [0.5, 0.6) is 5.88 Å². The predicted octanol–water partition coefficient (Wildman–Crippen LogP) is 2.86. The Morgan fingerprint density at radius 1 is 1.24 bits per heavy atom. The molecule has 134 valence electrons. The second-order valence-corrected chi connectivity index (χ2v) is 6.46. The van der Waals surface area contributed by atoms with Gasteiger partial charge < -0.3 is 9.64 Å². The van der Waals surface area contributed by atoms with E-state index >= 15 is 0 Å². The summed E-state index contributed by atoms with van der Waals surface area (Å²) < 4.78 is 62.7. The van der Waals surface area contributed by atoms with E-state index in [0.29, 0.717) is 24.8 Å².